The molecule has 2 aromatic rings. The van der Waals surface area contributed by atoms with Crippen LogP contribution in [0.15, 0.2) is 53.4 Å². The van der Waals surface area contributed by atoms with Gasteiger partial charge in [-0.2, -0.15) is 0 Å². The molecule has 7 heteroatoms. The van der Waals surface area contributed by atoms with Gasteiger partial charge in [-0.15, -0.1) is 4.31 Å². The molecule has 3 rings (SSSR count). The van der Waals surface area contributed by atoms with E-state index >= 15 is 0 Å². The van der Waals surface area contributed by atoms with E-state index in [0.29, 0.717) is 0 Å². The van der Waals surface area contributed by atoms with Gasteiger partial charge in [0.05, 0.1) is 5.56 Å². The molecular weight excluding hydrogens is 316 g/mol. The van der Waals surface area contributed by atoms with Crippen LogP contribution in [0.1, 0.15) is 21.5 Å². The van der Waals surface area contributed by atoms with E-state index in [1.54, 1.807) is 6.07 Å². The van der Waals surface area contributed by atoms with Crippen LogP contribution in [0.25, 0.3) is 0 Å². The molecule has 118 valence electrons. The summed E-state index contributed by atoms with van der Waals surface area (Å²) in [6, 6.07) is 12.2. The van der Waals surface area contributed by atoms with Crippen molar-refractivity contribution in [2.75, 3.05) is 0 Å². The highest BCUT2D eigenvalue weighted by Gasteiger charge is 2.45. The lowest BCUT2D eigenvalue weighted by Crippen LogP contribution is -2.43. The van der Waals surface area contributed by atoms with Crippen molar-refractivity contribution in [1.29, 1.82) is 0 Å². The summed E-state index contributed by atoms with van der Waals surface area (Å²) in [6.07, 6.45) is 0. The lowest BCUT2D eigenvalue weighted by atomic mass is 10.1. The van der Waals surface area contributed by atoms with E-state index in [4.69, 9.17) is 0 Å². The summed E-state index contributed by atoms with van der Waals surface area (Å²) in [5.41, 5.74) is 1.83. The Morgan fingerprint density at radius 2 is 1.74 bits per heavy atom. The summed E-state index contributed by atoms with van der Waals surface area (Å²) in [7, 11) is -4.14. The number of urea groups is 1. The molecule has 0 unspecified atom stereocenters. The van der Waals surface area contributed by atoms with Crippen LogP contribution in [0.5, 0.6) is 0 Å². The van der Waals surface area contributed by atoms with Gasteiger partial charge in [-0.3, -0.25) is 4.79 Å². The first-order chi connectivity index (χ1) is 10.9. The third-order valence-corrected chi connectivity index (χ3v) is 5.42. The number of fused-ring (bicyclic) bond motifs is 1. The Hall–Kier alpha value is -2.67. The van der Waals surface area contributed by atoms with Crippen molar-refractivity contribution >= 4 is 22.0 Å². The van der Waals surface area contributed by atoms with Crippen molar-refractivity contribution < 1.29 is 18.0 Å². The van der Waals surface area contributed by atoms with Crippen molar-refractivity contribution in [2.24, 2.45) is 0 Å². The standard InChI is InChI=1S/C16H14N2O4S/c1-11-6-2-3-7-12(11)10-17-16(20)18-15(19)13-8-4-5-9-14(13)23(18,21)22/h2-9H,10H2,1H3,(H,17,20). The van der Waals surface area contributed by atoms with Crippen LogP contribution in [0.4, 0.5) is 4.79 Å². The number of nitrogens with zero attached hydrogens (tertiary/aromatic N) is 1. The van der Waals surface area contributed by atoms with Crippen LogP contribution in [0.2, 0.25) is 0 Å². The molecule has 23 heavy (non-hydrogen) atoms. The zero-order chi connectivity index (χ0) is 16.6. The number of sulfonamides is 1. The predicted molar refractivity (Wildman–Crippen MR) is 83.2 cm³/mol. The van der Waals surface area contributed by atoms with Gasteiger partial charge in [0.25, 0.3) is 15.9 Å². The summed E-state index contributed by atoms with van der Waals surface area (Å²) in [5, 5.41) is 2.49. The largest absolute Gasteiger partial charge is 0.339 e. The second kappa shape index (κ2) is 5.51. The normalized spacial score (nSPS) is 15.3. The first-order valence-electron chi connectivity index (χ1n) is 6.94. The van der Waals surface area contributed by atoms with Gasteiger partial charge in [-0.1, -0.05) is 36.4 Å². The molecule has 1 N–H and O–H groups in total. The van der Waals surface area contributed by atoms with Crippen LogP contribution in [-0.4, -0.2) is 24.7 Å². The van der Waals surface area contributed by atoms with Crippen LogP contribution in [0.3, 0.4) is 0 Å². The number of aryl methyl sites for hydroxylation is 1. The van der Waals surface area contributed by atoms with Gasteiger partial charge in [-0.05, 0) is 30.2 Å². The van der Waals surface area contributed by atoms with Gasteiger partial charge >= 0.3 is 6.03 Å². The quantitative estimate of drug-likeness (QED) is 0.913. The van der Waals surface area contributed by atoms with E-state index in [1.165, 1.54) is 18.2 Å². The molecule has 6 nitrogen and oxygen atoms in total. The molecule has 0 atom stereocenters. The zero-order valence-electron chi connectivity index (χ0n) is 12.3. The smallest absolute Gasteiger partial charge is 0.333 e. The summed E-state index contributed by atoms with van der Waals surface area (Å²) in [5.74, 6) is -0.831. The fourth-order valence-electron chi connectivity index (χ4n) is 2.44. The number of rotatable bonds is 2. The number of benzene rings is 2. The van der Waals surface area contributed by atoms with E-state index < -0.39 is 22.0 Å². The Labute approximate surface area is 133 Å². The van der Waals surface area contributed by atoms with Crippen molar-refractivity contribution in [3.63, 3.8) is 0 Å². The third kappa shape index (κ3) is 2.49. The second-order valence-electron chi connectivity index (χ2n) is 5.16. The highest BCUT2D eigenvalue weighted by Crippen LogP contribution is 2.29. The molecule has 1 aliphatic rings. The Kier molecular flexibility index (Phi) is 3.65. The zero-order valence-corrected chi connectivity index (χ0v) is 13.1. The molecule has 3 amide bonds. The molecule has 2 aromatic carbocycles. The van der Waals surface area contributed by atoms with Gasteiger partial charge < -0.3 is 5.32 Å². The Bertz CT molecular complexity index is 906. The molecule has 0 spiro atoms. The van der Waals surface area contributed by atoms with Gasteiger partial charge in [0.2, 0.25) is 0 Å². The number of hydrogen-bond acceptors (Lipinski definition) is 4. The Morgan fingerprint density at radius 3 is 2.43 bits per heavy atom. The highest BCUT2D eigenvalue weighted by atomic mass is 32.2. The number of hydrogen-bond donors (Lipinski definition) is 1. The minimum Gasteiger partial charge on any atom is -0.333 e. The molecular formula is C16H14N2O4S. The SMILES string of the molecule is Cc1ccccc1CNC(=O)N1C(=O)c2ccccc2S1(=O)=O. The van der Waals surface area contributed by atoms with Gasteiger partial charge in [0.1, 0.15) is 4.90 Å². The molecule has 0 saturated carbocycles. The Morgan fingerprint density at radius 1 is 1.09 bits per heavy atom. The highest BCUT2D eigenvalue weighted by molar-refractivity contribution is 7.90. The lowest BCUT2D eigenvalue weighted by molar-refractivity contribution is 0.0893. The van der Waals surface area contributed by atoms with Crippen LogP contribution < -0.4 is 5.32 Å². The average molecular weight is 330 g/mol. The maximum Gasteiger partial charge on any atom is 0.339 e. The average Bonchev–Trinajstić information content (AvgIpc) is 2.73. The predicted octanol–water partition coefficient (Wildman–Crippen LogP) is 2.05. The lowest BCUT2D eigenvalue weighted by Gasteiger charge is -2.15. The summed E-state index contributed by atoms with van der Waals surface area (Å²) >= 11 is 0. The van der Waals surface area contributed by atoms with E-state index in [1.807, 2.05) is 31.2 Å². The first-order valence-corrected chi connectivity index (χ1v) is 8.38. The van der Waals surface area contributed by atoms with E-state index in [-0.39, 0.29) is 21.3 Å². The molecule has 0 aromatic heterocycles. The number of amides is 3. The van der Waals surface area contributed by atoms with Gasteiger partial charge in [-0.25, -0.2) is 13.2 Å². The fraction of sp³-hybridized carbons (Fsp3) is 0.125. The van der Waals surface area contributed by atoms with Crippen molar-refractivity contribution in [2.45, 2.75) is 18.4 Å². The minimum atomic E-state index is -4.14. The molecule has 1 aliphatic heterocycles. The number of nitrogens with one attached hydrogen (secondary N) is 1. The molecule has 0 saturated heterocycles. The van der Waals surface area contributed by atoms with Crippen LogP contribution in [0, 0.1) is 6.92 Å². The first kappa shape index (κ1) is 15.2. The molecule has 1 heterocycles. The second-order valence-corrected chi connectivity index (χ2v) is 6.91. The minimum absolute atomic E-state index is 0.0125. The van der Waals surface area contributed by atoms with Gasteiger partial charge in [0, 0.05) is 6.54 Å². The molecule has 0 aliphatic carbocycles. The third-order valence-electron chi connectivity index (χ3n) is 3.70. The number of imide groups is 1. The Balaban J connectivity index is 1.84. The molecule has 0 radical (unpaired) electrons. The number of carbonyl (C=O) groups excluding carboxylic acids is 2. The number of carbonyl (C=O) groups is 2. The van der Waals surface area contributed by atoms with E-state index in [2.05, 4.69) is 5.32 Å². The van der Waals surface area contributed by atoms with Crippen LogP contribution in [-0.2, 0) is 16.6 Å². The van der Waals surface area contributed by atoms with Crippen LogP contribution >= 0.6 is 0 Å². The van der Waals surface area contributed by atoms with Crippen molar-refractivity contribution in [3.05, 3.63) is 65.2 Å². The van der Waals surface area contributed by atoms with Crippen molar-refractivity contribution in [3.8, 4) is 0 Å². The topological polar surface area (TPSA) is 83.6 Å². The monoisotopic (exact) mass is 330 g/mol. The van der Waals surface area contributed by atoms with Crippen molar-refractivity contribution in [1.82, 2.24) is 9.62 Å². The summed E-state index contributed by atoms with van der Waals surface area (Å²) in [4.78, 5) is 24.3. The maximum atomic E-state index is 12.4. The van der Waals surface area contributed by atoms with Gasteiger partial charge in [0.15, 0.2) is 0 Å². The fourth-order valence-corrected chi connectivity index (χ4v) is 3.92. The molecule has 0 bridgehead atoms. The maximum absolute atomic E-state index is 12.4. The summed E-state index contributed by atoms with van der Waals surface area (Å²) in [6.45, 7) is 2.02. The van der Waals surface area contributed by atoms with E-state index in [9.17, 15) is 18.0 Å². The van der Waals surface area contributed by atoms with E-state index in [0.717, 1.165) is 11.1 Å². The molecule has 0 fully saturated rings. The summed E-state index contributed by atoms with van der Waals surface area (Å²) < 4.78 is 25.0.